The molecule has 1 N–H and O–H groups in total. The molecule has 1 amide bonds. The van der Waals surface area contributed by atoms with Crippen LogP contribution in [-0.2, 0) is 4.79 Å². The van der Waals surface area contributed by atoms with Crippen LogP contribution in [0.15, 0.2) is 0 Å². The van der Waals surface area contributed by atoms with Crippen LogP contribution in [0.2, 0.25) is 0 Å². The third-order valence-corrected chi connectivity index (χ3v) is 3.36. The van der Waals surface area contributed by atoms with Crippen molar-refractivity contribution in [2.75, 3.05) is 13.6 Å². The molecule has 88 valence electrons. The number of likely N-dealkylation sites (tertiary alicyclic amines) is 1. The number of hydrogen-bond acceptors (Lipinski definition) is 2. The van der Waals surface area contributed by atoms with Gasteiger partial charge in [0.05, 0.1) is 0 Å². The number of nitrogens with one attached hydrogen (secondary N) is 1. The number of carbonyl (C=O) groups is 1. The van der Waals surface area contributed by atoms with Crippen LogP contribution in [-0.4, -0.2) is 36.5 Å². The van der Waals surface area contributed by atoms with E-state index in [9.17, 15) is 4.79 Å². The number of piperidine rings is 1. The van der Waals surface area contributed by atoms with E-state index in [4.69, 9.17) is 0 Å². The topological polar surface area (TPSA) is 32.3 Å². The highest BCUT2D eigenvalue weighted by atomic mass is 16.2. The molecule has 0 aromatic rings. The van der Waals surface area contributed by atoms with Gasteiger partial charge < -0.3 is 10.2 Å². The fourth-order valence-electron chi connectivity index (χ4n) is 2.59. The summed E-state index contributed by atoms with van der Waals surface area (Å²) in [5, 5.41) is 3.20. The van der Waals surface area contributed by atoms with Crippen LogP contribution >= 0.6 is 0 Å². The van der Waals surface area contributed by atoms with E-state index in [0.29, 0.717) is 24.4 Å². The van der Waals surface area contributed by atoms with Crippen LogP contribution < -0.4 is 5.32 Å². The summed E-state index contributed by atoms with van der Waals surface area (Å²) in [4.78, 5) is 14.1. The lowest BCUT2D eigenvalue weighted by Gasteiger charge is -2.42. The van der Waals surface area contributed by atoms with E-state index in [0.717, 1.165) is 19.4 Å². The summed E-state index contributed by atoms with van der Waals surface area (Å²) in [6.07, 6.45) is 5.33. The Bertz CT molecular complexity index is 204. The van der Waals surface area contributed by atoms with Crippen LogP contribution in [0.3, 0.4) is 0 Å². The zero-order chi connectivity index (χ0) is 11.3. The molecule has 0 aromatic heterocycles. The smallest absolute Gasteiger partial charge is 0.222 e. The van der Waals surface area contributed by atoms with Crippen molar-refractivity contribution in [3.8, 4) is 0 Å². The van der Waals surface area contributed by atoms with Gasteiger partial charge in [-0.25, -0.2) is 0 Å². The Kier molecular flexibility index (Phi) is 5.09. The lowest BCUT2D eigenvalue weighted by molar-refractivity contribution is -0.137. The van der Waals surface area contributed by atoms with Gasteiger partial charge in [0.15, 0.2) is 0 Å². The molecule has 1 fully saturated rings. The maximum atomic E-state index is 11.9. The maximum Gasteiger partial charge on any atom is 0.222 e. The monoisotopic (exact) mass is 212 g/mol. The van der Waals surface area contributed by atoms with Gasteiger partial charge in [-0.2, -0.15) is 0 Å². The predicted molar refractivity (Wildman–Crippen MR) is 62.8 cm³/mol. The first-order chi connectivity index (χ1) is 7.24. The van der Waals surface area contributed by atoms with E-state index in [1.807, 2.05) is 14.0 Å². The summed E-state index contributed by atoms with van der Waals surface area (Å²) in [6.45, 7) is 5.07. The Morgan fingerprint density at radius 3 is 2.53 bits per heavy atom. The summed E-state index contributed by atoms with van der Waals surface area (Å²) >= 11 is 0. The first kappa shape index (κ1) is 12.5. The van der Waals surface area contributed by atoms with Gasteiger partial charge in [-0.15, -0.1) is 0 Å². The van der Waals surface area contributed by atoms with Gasteiger partial charge in [-0.1, -0.05) is 13.8 Å². The van der Waals surface area contributed by atoms with Gasteiger partial charge in [-0.3, -0.25) is 4.79 Å². The zero-order valence-electron chi connectivity index (χ0n) is 10.3. The number of hydrogen-bond donors (Lipinski definition) is 1. The molecule has 0 radical (unpaired) electrons. The molecular formula is C12H24N2O. The molecule has 1 aliphatic rings. The van der Waals surface area contributed by atoms with E-state index in [1.54, 1.807) is 0 Å². The highest BCUT2D eigenvalue weighted by Crippen LogP contribution is 2.25. The van der Waals surface area contributed by atoms with E-state index in [-0.39, 0.29) is 0 Å². The average molecular weight is 212 g/mol. The van der Waals surface area contributed by atoms with Crippen molar-refractivity contribution in [3.63, 3.8) is 0 Å². The molecule has 2 atom stereocenters. The van der Waals surface area contributed by atoms with E-state index in [2.05, 4.69) is 17.1 Å². The van der Waals surface area contributed by atoms with E-state index >= 15 is 0 Å². The number of carbonyl (C=O) groups excluding carboxylic acids is 1. The van der Waals surface area contributed by atoms with Crippen molar-refractivity contribution in [1.82, 2.24) is 10.2 Å². The van der Waals surface area contributed by atoms with Crippen molar-refractivity contribution < 1.29 is 4.79 Å². The van der Waals surface area contributed by atoms with Crippen molar-refractivity contribution in [3.05, 3.63) is 0 Å². The summed E-state index contributed by atoms with van der Waals surface area (Å²) < 4.78 is 0. The third-order valence-electron chi connectivity index (χ3n) is 3.36. The quantitative estimate of drug-likeness (QED) is 0.770. The third kappa shape index (κ3) is 2.94. The highest BCUT2D eigenvalue weighted by Gasteiger charge is 2.31. The van der Waals surface area contributed by atoms with Gasteiger partial charge in [0.1, 0.15) is 0 Å². The molecular weight excluding hydrogens is 188 g/mol. The average Bonchev–Trinajstić information content (AvgIpc) is 2.28. The Balaban J connectivity index is 2.71. The minimum Gasteiger partial charge on any atom is -0.335 e. The van der Waals surface area contributed by atoms with Crippen LogP contribution in [0.25, 0.3) is 0 Å². The number of rotatable bonds is 4. The molecule has 1 aliphatic heterocycles. The van der Waals surface area contributed by atoms with Crippen molar-refractivity contribution in [1.29, 1.82) is 0 Å². The van der Waals surface area contributed by atoms with Crippen LogP contribution in [0.4, 0.5) is 0 Å². The first-order valence-corrected chi connectivity index (χ1v) is 6.20. The predicted octanol–water partition coefficient (Wildman–Crippen LogP) is 1.78. The van der Waals surface area contributed by atoms with Gasteiger partial charge in [-0.05, 0) is 32.7 Å². The Morgan fingerprint density at radius 2 is 2.00 bits per heavy atom. The Labute approximate surface area is 93.2 Å². The molecule has 0 spiro atoms. The second kappa shape index (κ2) is 6.11. The Morgan fingerprint density at radius 1 is 1.33 bits per heavy atom. The molecule has 3 heteroatoms. The first-order valence-electron chi connectivity index (χ1n) is 6.20. The summed E-state index contributed by atoms with van der Waals surface area (Å²) in [5.74, 6) is 0.321. The fraction of sp³-hybridized carbons (Fsp3) is 0.917. The standard InChI is InChI=1S/C12H24N2O/c1-4-10-7-6-8-11(9-13-3)14(10)12(15)5-2/h10-11,13H,4-9H2,1-3H3. The minimum absolute atomic E-state index is 0.321. The van der Waals surface area contributed by atoms with Crippen molar-refractivity contribution in [2.45, 2.75) is 58.0 Å². The highest BCUT2D eigenvalue weighted by molar-refractivity contribution is 5.76. The summed E-state index contributed by atoms with van der Waals surface area (Å²) in [6, 6.07) is 0.894. The van der Waals surface area contributed by atoms with Gasteiger partial charge in [0.2, 0.25) is 5.91 Å². The largest absolute Gasteiger partial charge is 0.335 e. The second-order valence-corrected chi connectivity index (χ2v) is 4.36. The molecule has 1 heterocycles. The molecule has 3 nitrogen and oxygen atoms in total. The molecule has 0 saturated carbocycles. The van der Waals surface area contributed by atoms with Gasteiger partial charge in [0, 0.05) is 25.0 Å². The lowest BCUT2D eigenvalue weighted by atomic mass is 9.93. The van der Waals surface area contributed by atoms with E-state index in [1.165, 1.54) is 12.8 Å². The molecule has 0 aliphatic carbocycles. The Hall–Kier alpha value is -0.570. The summed E-state index contributed by atoms with van der Waals surface area (Å²) in [5.41, 5.74) is 0. The number of likely N-dealkylation sites (N-methyl/N-ethyl adjacent to an activating group) is 1. The van der Waals surface area contributed by atoms with Crippen LogP contribution in [0.1, 0.15) is 46.0 Å². The van der Waals surface area contributed by atoms with Gasteiger partial charge in [0.25, 0.3) is 0 Å². The normalized spacial score (nSPS) is 26.7. The van der Waals surface area contributed by atoms with Crippen LogP contribution in [0.5, 0.6) is 0 Å². The van der Waals surface area contributed by atoms with E-state index < -0.39 is 0 Å². The molecule has 2 unspecified atom stereocenters. The van der Waals surface area contributed by atoms with Crippen molar-refractivity contribution >= 4 is 5.91 Å². The molecule has 15 heavy (non-hydrogen) atoms. The second-order valence-electron chi connectivity index (χ2n) is 4.36. The number of amides is 1. The molecule has 0 bridgehead atoms. The maximum absolute atomic E-state index is 11.9. The molecule has 1 saturated heterocycles. The fourth-order valence-corrected chi connectivity index (χ4v) is 2.59. The zero-order valence-corrected chi connectivity index (χ0v) is 10.3. The van der Waals surface area contributed by atoms with Crippen LogP contribution in [0, 0.1) is 0 Å². The lowest BCUT2D eigenvalue weighted by Crippen LogP contribution is -2.52. The van der Waals surface area contributed by atoms with Gasteiger partial charge >= 0.3 is 0 Å². The molecule has 1 rings (SSSR count). The van der Waals surface area contributed by atoms with Crippen molar-refractivity contribution in [2.24, 2.45) is 0 Å². The molecule has 0 aromatic carbocycles. The minimum atomic E-state index is 0.321. The summed E-state index contributed by atoms with van der Waals surface area (Å²) in [7, 11) is 1.96. The SMILES string of the molecule is CCC(=O)N1C(CC)CCCC1CNC. The number of nitrogens with zero attached hydrogens (tertiary/aromatic N) is 1.